The normalized spacial score (nSPS) is 15.5. The van der Waals surface area contributed by atoms with Crippen LogP contribution in [0.4, 0.5) is 0 Å². The lowest BCUT2D eigenvalue weighted by Crippen LogP contribution is -2.35. The number of hydrazone groups is 1. The Kier molecular flexibility index (Phi) is 8.28. The lowest BCUT2D eigenvalue weighted by molar-refractivity contribution is -0.114. The number of ether oxygens (including phenoxy) is 4. The number of amides is 1. The maximum atomic E-state index is 12.8. The van der Waals surface area contributed by atoms with Crippen LogP contribution in [0.3, 0.4) is 0 Å². The molecule has 39 heavy (non-hydrogen) atoms. The van der Waals surface area contributed by atoms with E-state index < -0.39 is 5.91 Å². The first kappa shape index (κ1) is 26.5. The molecular formula is C28H23BrN4O5S. The zero-order chi connectivity index (χ0) is 27.2. The number of benzene rings is 3. The Hall–Kier alpha value is -4.09. The molecule has 0 aromatic heterocycles. The van der Waals surface area contributed by atoms with E-state index in [0.29, 0.717) is 46.2 Å². The number of halogens is 1. The van der Waals surface area contributed by atoms with Crippen LogP contribution in [0, 0.1) is 5.41 Å². The van der Waals surface area contributed by atoms with Crippen LogP contribution in [0.2, 0.25) is 0 Å². The molecule has 2 heterocycles. The first-order chi connectivity index (χ1) is 19.0. The second kappa shape index (κ2) is 12.2. The van der Waals surface area contributed by atoms with Crippen molar-refractivity contribution in [3.05, 3.63) is 88.4 Å². The average molecular weight is 607 g/mol. The number of fused-ring (bicyclic) bond motifs is 1. The topological polar surface area (TPSA) is 106 Å². The molecule has 0 radical (unpaired) electrons. The lowest BCUT2D eigenvalue weighted by atomic mass is 10.1. The largest absolute Gasteiger partial charge is 0.493 e. The van der Waals surface area contributed by atoms with E-state index in [1.165, 1.54) is 23.9 Å². The Balaban J connectivity index is 1.23. The van der Waals surface area contributed by atoms with Crippen LogP contribution in [0.25, 0.3) is 6.08 Å². The quantitative estimate of drug-likeness (QED) is 0.236. The van der Waals surface area contributed by atoms with Crippen molar-refractivity contribution in [3.8, 4) is 23.0 Å². The summed E-state index contributed by atoms with van der Waals surface area (Å²) in [5.74, 6) is 1.91. The Bertz CT molecular complexity index is 1480. The highest BCUT2D eigenvalue weighted by Crippen LogP contribution is 2.32. The molecule has 0 fully saturated rings. The van der Waals surface area contributed by atoms with Crippen LogP contribution in [0.15, 0.2) is 92.9 Å². The fourth-order valence-corrected chi connectivity index (χ4v) is 4.72. The van der Waals surface area contributed by atoms with Crippen LogP contribution in [-0.2, 0) is 4.79 Å². The predicted octanol–water partition coefficient (Wildman–Crippen LogP) is 5.61. The van der Waals surface area contributed by atoms with Crippen molar-refractivity contribution in [1.29, 1.82) is 5.41 Å². The molecule has 1 N–H and O–H groups in total. The minimum atomic E-state index is -0.511. The van der Waals surface area contributed by atoms with Gasteiger partial charge < -0.3 is 18.9 Å². The van der Waals surface area contributed by atoms with Gasteiger partial charge in [0.2, 0.25) is 5.17 Å². The number of thioether (sulfide) groups is 1. The zero-order valence-electron chi connectivity index (χ0n) is 20.8. The molecule has 0 spiro atoms. The van der Waals surface area contributed by atoms with E-state index in [2.05, 4.69) is 26.0 Å². The fraction of sp³-hybridized carbons (Fsp3) is 0.143. The predicted molar refractivity (Wildman–Crippen MR) is 155 cm³/mol. The van der Waals surface area contributed by atoms with Gasteiger partial charge >= 0.3 is 0 Å². The van der Waals surface area contributed by atoms with Gasteiger partial charge in [-0.2, -0.15) is 15.1 Å². The molecule has 0 bridgehead atoms. The molecule has 2 aliphatic rings. The molecule has 0 aliphatic carbocycles. The molecule has 5 rings (SSSR count). The minimum absolute atomic E-state index is 0.0587. The molecule has 3 aromatic rings. The van der Waals surface area contributed by atoms with Crippen LogP contribution in [0.5, 0.6) is 23.0 Å². The first-order valence-corrected chi connectivity index (χ1v) is 13.5. The first-order valence-electron chi connectivity index (χ1n) is 11.9. The zero-order valence-corrected chi connectivity index (χ0v) is 23.2. The maximum Gasteiger partial charge on any atom is 0.283 e. The van der Waals surface area contributed by atoms with Crippen molar-refractivity contribution in [3.63, 3.8) is 0 Å². The van der Waals surface area contributed by atoms with E-state index in [1.54, 1.807) is 24.3 Å². The highest BCUT2D eigenvalue weighted by atomic mass is 79.9. The van der Waals surface area contributed by atoms with E-state index >= 15 is 0 Å². The number of methoxy groups -OCH3 is 1. The number of para-hydroxylation sites is 1. The third-order valence-electron chi connectivity index (χ3n) is 5.52. The molecule has 0 saturated heterocycles. The molecule has 198 valence electrons. The highest BCUT2D eigenvalue weighted by Gasteiger charge is 2.35. The van der Waals surface area contributed by atoms with E-state index in [-0.39, 0.29) is 18.0 Å². The van der Waals surface area contributed by atoms with Gasteiger partial charge in [-0.25, -0.2) is 0 Å². The van der Waals surface area contributed by atoms with Gasteiger partial charge in [-0.05, 0) is 71.9 Å². The summed E-state index contributed by atoms with van der Waals surface area (Å²) in [7, 11) is 1.54. The van der Waals surface area contributed by atoms with Gasteiger partial charge in [-0.3, -0.25) is 10.2 Å². The molecular weight excluding hydrogens is 584 g/mol. The van der Waals surface area contributed by atoms with Gasteiger partial charge in [0.05, 0.1) is 12.7 Å². The molecule has 3 aromatic carbocycles. The molecule has 1 amide bonds. The van der Waals surface area contributed by atoms with Crippen LogP contribution < -0.4 is 18.9 Å². The molecule has 9 nitrogen and oxygen atoms in total. The summed E-state index contributed by atoms with van der Waals surface area (Å²) in [6, 6.07) is 22.2. The monoisotopic (exact) mass is 606 g/mol. The second-order valence-electron chi connectivity index (χ2n) is 8.18. The van der Waals surface area contributed by atoms with Crippen molar-refractivity contribution < 1.29 is 23.7 Å². The van der Waals surface area contributed by atoms with Gasteiger partial charge in [0.25, 0.3) is 5.91 Å². The number of hydrogen-bond acceptors (Lipinski definition) is 8. The van der Waals surface area contributed by atoms with Gasteiger partial charge in [0.1, 0.15) is 36.4 Å². The summed E-state index contributed by atoms with van der Waals surface area (Å²) >= 11 is 4.61. The number of carbonyl (C=O) groups is 1. The van der Waals surface area contributed by atoms with E-state index in [9.17, 15) is 4.79 Å². The van der Waals surface area contributed by atoms with E-state index in [4.69, 9.17) is 24.4 Å². The number of amidine groups is 2. The molecule has 0 unspecified atom stereocenters. The smallest absolute Gasteiger partial charge is 0.283 e. The van der Waals surface area contributed by atoms with Gasteiger partial charge in [0, 0.05) is 4.47 Å². The minimum Gasteiger partial charge on any atom is -0.493 e. The highest BCUT2D eigenvalue weighted by molar-refractivity contribution is 9.10. The second-order valence-corrected chi connectivity index (χ2v) is 10.1. The summed E-state index contributed by atoms with van der Waals surface area (Å²) in [5, 5.41) is 15.3. The van der Waals surface area contributed by atoms with Crippen molar-refractivity contribution in [2.75, 3.05) is 26.9 Å². The number of aliphatic imine (C=N–C) groups is 1. The molecule has 0 saturated carbocycles. The summed E-state index contributed by atoms with van der Waals surface area (Å²) in [6.07, 6.45) is 1.59. The van der Waals surface area contributed by atoms with Crippen molar-refractivity contribution >= 4 is 55.7 Å². The number of hydrogen-bond donors (Lipinski definition) is 1. The van der Waals surface area contributed by atoms with Crippen LogP contribution >= 0.6 is 27.7 Å². The summed E-state index contributed by atoms with van der Waals surface area (Å²) in [4.78, 5) is 16.9. The molecule has 0 atom stereocenters. The summed E-state index contributed by atoms with van der Waals surface area (Å²) < 4.78 is 23.7. The average Bonchev–Trinajstić information content (AvgIpc) is 3.37. The fourth-order valence-electron chi connectivity index (χ4n) is 3.65. The molecule has 11 heteroatoms. The number of nitrogens with zero attached hydrogens (tertiary/aromatic N) is 3. The number of nitrogens with one attached hydrogen (secondary N) is 1. The number of carbonyl (C=O) groups excluding carboxylic acids is 1. The van der Waals surface area contributed by atoms with Crippen molar-refractivity contribution in [1.82, 2.24) is 5.01 Å². The van der Waals surface area contributed by atoms with Crippen molar-refractivity contribution in [2.45, 2.75) is 0 Å². The Morgan fingerprint density at radius 1 is 0.949 bits per heavy atom. The summed E-state index contributed by atoms with van der Waals surface area (Å²) in [6.45, 7) is 0.876. The number of rotatable bonds is 10. The maximum absolute atomic E-state index is 12.8. The third-order valence-corrected chi connectivity index (χ3v) is 6.93. The Labute approximate surface area is 237 Å². The van der Waals surface area contributed by atoms with E-state index in [0.717, 1.165) is 10.2 Å². The molecule has 2 aliphatic heterocycles. The van der Waals surface area contributed by atoms with E-state index in [1.807, 2.05) is 54.6 Å². The summed E-state index contributed by atoms with van der Waals surface area (Å²) in [5.41, 5.74) is 0.771. The van der Waals surface area contributed by atoms with Crippen molar-refractivity contribution in [2.24, 2.45) is 10.1 Å². The van der Waals surface area contributed by atoms with Gasteiger partial charge in [-0.1, -0.05) is 40.2 Å². The standard InChI is InChI=1S/C28H23BrN4O5S/c1-35-24-16-18(7-12-23(24)37-14-13-36-21-10-8-19(29)9-11-21)15-22-26(30)33-28(31-27(22)34)39-25(32-33)17-38-20-5-3-2-4-6-20/h2-12,15-16,30H,13-14,17H2,1H3/b22-15-,30-26?. The van der Waals surface area contributed by atoms with Crippen LogP contribution in [0.1, 0.15) is 5.56 Å². The Morgan fingerprint density at radius 3 is 2.46 bits per heavy atom. The SMILES string of the molecule is COc1cc(/C=C2/C(=N)N3N=C(COc4ccccc4)SC3=NC2=O)ccc1OCCOc1ccc(Br)cc1. The van der Waals surface area contributed by atoms with Crippen LogP contribution in [-0.4, -0.2) is 53.9 Å². The lowest BCUT2D eigenvalue weighted by Gasteiger charge is -2.20. The Morgan fingerprint density at radius 2 is 1.69 bits per heavy atom. The van der Waals surface area contributed by atoms with Gasteiger partial charge in [0.15, 0.2) is 17.3 Å². The van der Waals surface area contributed by atoms with Gasteiger partial charge in [-0.15, -0.1) is 0 Å². The third kappa shape index (κ3) is 6.50.